The molecule has 0 saturated carbocycles. The van der Waals surface area contributed by atoms with Crippen molar-refractivity contribution in [2.75, 3.05) is 6.61 Å². The van der Waals surface area contributed by atoms with Crippen molar-refractivity contribution in [2.45, 2.75) is 25.6 Å². The minimum absolute atomic E-state index is 0.222. The van der Waals surface area contributed by atoms with Gasteiger partial charge in [0.2, 0.25) is 0 Å². The number of nitrogens with one attached hydrogen (secondary N) is 1. The van der Waals surface area contributed by atoms with Crippen LogP contribution in [-0.4, -0.2) is 23.8 Å². The molecule has 1 heterocycles. The molecule has 0 fully saturated rings. The predicted octanol–water partition coefficient (Wildman–Crippen LogP) is 2.03. The monoisotopic (exact) mass is 289 g/mol. The molecule has 21 heavy (non-hydrogen) atoms. The van der Waals surface area contributed by atoms with Gasteiger partial charge in [-0.05, 0) is 24.6 Å². The van der Waals surface area contributed by atoms with E-state index in [1.54, 1.807) is 19.1 Å². The lowest BCUT2D eigenvalue weighted by atomic mass is 10.1. The zero-order valence-corrected chi connectivity index (χ0v) is 11.9. The maximum Gasteiger partial charge on any atom is 0.337 e. The minimum atomic E-state index is -1.32. The molecule has 0 aliphatic rings. The fourth-order valence-electron chi connectivity index (χ4n) is 2.02. The average molecular weight is 289 g/mol. The minimum Gasteiger partial charge on any atom is -0.468 e. The molecule has 0 amide bonds. The highest BCUT2D eigenvalue weighted by Crippen LogP contribution is 2.19. The van der Waals surface area contributed by atoms with Gasteiger partial charge in [0.05, 0.1) is 12.9 Å². The van der Waals surface area contributed by atoms with E-state index in [2.05, 4.69) is 5.32 Å². The van der Waals surface area contributed by atoms with Crippen molar-refractivity contribution < 1.29 is 19.1 Å². The summed E-state index contributed by atoms with van der Waals surface area (Å²) in [5.41, 5.74) is 1.05. The Labute approximate surface area is 123 Å². The van der Waals surface area contributed by atoms with Crippen LogP contribution in [0.1, 0.15) is 24.3 Å². The molecule has 0 aliphatic heterocycles. The Kier molecular flexibility index (Phi) is 5.54. The third-order valence-corrected chi connectivity index (χ3v) is 3.06. The molecule has 5 heteroatoms. The molecule has 0 unspecified atom stereocenters. The second kappa shape index (κ2) is 7.61. The van der Waals surface area contributed by atoms with E-state index in [0.29, 0.717) is 12.3 Å². The number of aliphatic hydroxyl groups excluding tert-OH is 1. The lowest BCUT2D eigenvalue weighted by Crippen LogP contribution is -2.38. The highest BCUT2D eigenvalue weighted by atomic mass is 16.5. The van der Waals surface area contributed by atoms with Gasteiger partial charge in [-0.2, -0.15) is 0 Å². The summed E-state index contributed by atoms with van der Waals surface area (Å²) in [6, 6.07) is 12.5. The van der Waals surface area contributed by atoms with E-state index in [0.717, 1.165) is 5.56 Å². The molecule has 112 valence electrons. The molecule has 2 N–H and O–H groups in total. The molecule has 0 saturated heterocycles. The first-order valence-corrected chi connectivity index (χ1v) is 6.87. The second-order valence-corrected chi connectivity index (χ2v) is 4.56. The molecule has 1 aromatic carbocycles. The summed E-state index contributed by atoms with van der Waals surface area (Å²) in [5, 5.41) is 13.3. The van der Waals surface area contributed by atoms with E-state index in [9.17, 15) is 9.90 Å². The Balaban J connectivity index is 2.08. The fourth-order valence-corrected chi connectivity index (χ4v) is 2.02. The highest BCUT2D eigenvalue weighted by Gasteiger charge is 2.30. The van der Waals surface area contributed by atoms with Crippen molar-refractivity contribution >= 4 is 5.97 Å². The van der Waals surface area contributed by atoms with Gasteiger partial charge >= 0.3 is 5.97 Å². The van der Waals surface area contributed by atoms with Gasteiger partial charge in [-0.25, -0.2) is 4.79 Å². The number of hydrogen-bond donors (Lipinski definition) is 2. The van der Waals surface area contributed by atoms with Crippen molar-refractivity contribution in [3.63, 3.8) is 0 Å². The number of hydrogen-bond acceptors (Lipinski definition) is 5. The number of carbonyl (C=O) groups excluding carboxylic acids is 1. The van der Waals surface area contributed by atoms with Crippen LogP contribution in [-0.2, 0) is 16.1 Å². The number of carbonyl (C=O) groups is 1. The summed E-state index contributed by atoms with van der Waals surface area (Å²) in [4.78, 5) is 11.7. The molecule has 5 nitrogen and oxygen atoms in total. The van der Waals surface area contributed by atoms with E-state index in [1.165, 1.54) is 6.26 Å². The van der Waals surface area contributed by atoms with Crippen molar-refractivity contribution in [1.29, 1.82) is 0 Å². The number of esters is 1. The normalized spacial score (nSPS) is 13.6. The van der Waals surface area contributed by atoms with Gasteiger partial charge in [-0.3, -0.25) is 0 Å². The molecule has 2 rings (SSSR count). The molecule has 0 radical (unpaired) electrons. The SMILES string of the molecule is CCOC(=O)[C@H](O)[C@@H](NCc1ccccc1)c1ccco1. The lowest BCUT2D eigenvalue weighted by molar-refractivity contribution is -0.155. The fraction of sp³-hybridized carbons (Fsp3) is 0.312. The van der Waals surface area contributed by atoms with Crippen molar-refractivity contribution in [2.24, 2.45) is 0 Å². The number of benzene rings is 1. The molecule has 0 bridgehead atoms. The number of furan rings is 1. The van der Waals surface area contributed by atoms with E-state index in [4.69, 9.17) is 9.15 Å². The number of aliphatic hydroxyl groups is 1. The van der Waals surface area contributed by atoms with Crippen LogP contribution in [0.25, 0.3) is 0 Å². The van der Waals surface area contributed by atoms with E-state index < -0.39 is 18.1 Å². The number of ether oxygens (including phenoxy) is 1. The summed E-state index contributed by atoms with van der Waals surface area (Å²) in [5.74, 6) is -0.175. The molecule has 0 aliphatic carbocycles. The van der Waals surface area contributed by atoms with Crippen molar-refractivity contribution in [3.8, 4) is 0 Å². The van der Waals surface area contributed by atoms with Crippen molar-refractivity contribution in [1.82, 2.24) is 5.32 Å². The topological polar surface area (TPSA) is 71.7 Å². The van der Waals surface area contributed by atoms with Gasteiger partial charge in [0.25, 0.3) is 0 Å². The first-order valence-electron chi connectivity index (χ1n) is 6.87. The lowest BCUT2D eigenvalue weighted by Gasteiger charge is -2.21. The van der Waals surface area contributed by atoms with Crippen LogP contribution in [0.3, 0.4) is 0 Å². The van der Waals surface area contributed by atoms with Crippen LogP contribution in [0, 0.1) is 0 Å². The maximum absolute atomic E-state index is 11.7. The van der Waals surface area contributed by atoms with E-state index >= 15 is 0 Å². The van der Waals surface area contributed by atoms with E-state index in [1.807, 2.05) is 30.3 Å². The summed E-state index contributed by atoms with van der Waals surface area (Å²) in [7, 11) is 0. The summed E-state index contributed by atoms with van der Waals surface area (Å²) in [6.07, 6.45) is 0.185. The Morgan fingerprint density at radius 1 is 1.29 bits per heavy atom. The smallest absolute Gasteiger partial charge is 0.337 e. The largest absolute Gasteiger partial charge is 0.468 e. The molecule has 0 spiro atoms. The molecule has 2 atom stereocenters. The Hall–Kier alpha value is -2.11. The average Bonchev–Trinajstić information content (AvgIpc) is 3.03. The molecule has 1 aromatic heterocycles. The van der Waals surface area contributed by atoms with Gasteiger partial charge < -0.3 is 19.6 Å². The third-order valence-electron chi connectivity index (χ3n) is 3.06. The third kappa shape index (κ3) is 4.18. The van der Waals surface area contributed by atoms with Crippen LogP contribution in [0.15, 0.2) is 53.1 Å². The zero-order chi connectivity index (χ0) is 15.1. The summed E-state index contributed by atoms with van der Waals surface area (Å²) >= 11 is 0. The van der Waals surface area contributed by atoms with Gasteiger partial charge in [-0.15, -0.1) is 0 Å². The van der Waals surface area contributed by atoms with Crippen LogP contribution >= 0.6 is 0 Å². The first-order chi connectivity index (χ1) is 10.2. The Morgan fingerprint density at radius 2 is 2.05 bits per heavy atom. The van der Waals surface area contributed by atoms with Gasteiger partial charge in [0, 0.05) is 6.54 Å². The highest BCUT2D eigenvalue weighted by molar-refractivity contribution is 5.75. The van der Waals surface area contributed by atoms with Gasteiger partial charge in [0.1, 0.15) is 11.8 Å². The van der Waals surface area contributed by atoms with Crippen molar-refractivity contribution in [3.05, 3.63) is 60.1 Å². The van der Waals surface area contributed by atoms with Crippen LogP contribution in [0.5, 0.6) is 0 Å². The standard InChI is InChI=1S/C16H19NO4/c1-2-20-16(19)15(18)14(13-9-6-10-21-13)17-11-12-7-4-3-5-8-12/h3-10,14-15,17-18H,2,11H2,1H3/t14-,15+/m0/s1. The molecular weight excluding hydrogens is 270 g/mol. The number of rotatable bonds is 7. The Morgan fingerprint density at radius 3 is 2.67 bits per heavy atom. The van der Waals surface area contributed by atoms with Gasteiger partial charge in [-0.1, -0.05) is 30.3 Å². The van der Waals surface area contributed by atoms with Crippen LogP contribution < -0.4 is 5.32 Å². The van der Waals surface area contributed by atoms with Crippen LogP contribution in [0.4, 0.5) is 0 Å². The summed E-state index contributed by atoms with van der Waals surface area (Å²) < 4.78 is 10.2. The quantitative estimate of drug-likeness (QED) is 0.763. The first kappa shape index (κ1) is 15.3. The van der Waals surface area contributed by atoms with Gasteiger partial charge in [0.15, 0.2) is 6.10 Å². The van der Waals surface area contributed by atoms with E-state index in [-0.39, 0.29) is 6.61 Å². The zero-order valence-electron chi connectivity index (χ0n) is 11.9. The maximum atomic E-state index is 11.7. The molecular formula is C16H19NO4. The Bertz CT molecular complexity index is 539. The summed E-state index contributed by atoms with van der Waals surface area (Å²) in [6.45, 7) is 2.42. The molecule has 2 aromatic rings. The second-order valence-electron chi connectivity index (χ2n) is 4.56. The van der Waals surface area contributed by atoms with Crippen LogP contribution in [0.2, 0.25) is 0 Å². The predicted molar refractivity (Wildman–Crippen MR) is 77.4 cm³/mol.